The number of methoxy groups -OCH3 is 1. The molecule has 0 spiro atoms. The minimum atomic E-state index is 0.650. The maximum atomic E-state index is 5.13. The topological polar surface area (TPSA) is 25.4 Å². The lowest BCUT2D eigenvalue weighted by molar-refractivity contribution is 0.104. The predicted octanol–water partition coefficient (Wildman–Crippen LogP) is 3.05. The van der Waals surface area contributed by atoms with Gasteiger partial charge in [0.2, 0.25) is 0 Å². The highest BCUT2D eigenvalue weighted by Crippen LogP contribution is 2.37. The molecule has 18 heavy (non-hydrogen) atoms. The van der Waals surface area contributed by atoms with Crippen LogP contribution in [0.4, 0.5) is 0 Å². The maximum Gasteiger partial charge on any atom is 0.119 e. The maximum absolute atomic E-state index is 5.13. The van der Waals surface area contributed by atoms with Gasteiger partial charge in [-0.2, -0.15) is 0 Å². The molecule has 0 aromatic carbocycles. The molecule has 2 aliphatic rings. The third-order valence-electron chi connectivity index (χ3n) is 4.34. The van der Waals surface area contributed by atoms with E-state index in [9.17, 15) is 0 Å². The Morgan fingerprint density at radius 1 is 1.39 bits per heavy atom. The molecule has 0 N–H and O–H groups in total. The van der Waals surface area contributed by atoms with Crippen LogP contribution in [0.25, 0.3) is 0 Å². The second-order valence-electron chi connectivity index (χ2n) is 5.54. The van der Waals surface area contributed by atoms with Gasteiger partial charge in [-0.1, -0.05) is 6.42 Å². The monoisotopic (exact) mass is 266 g/mol. The summed E-state index contributed by atoms with van der Waals surface area (Å²) in [7, 11) is 1.73. The van der Waals surface area contributed by atoms with E-state index >= 15 is 0 Å². The summed E-state index contributed by atoms with van der Waals surface area (Å²) < 4.78 is 5.13. The quantitative estimate of drug-likeness (QED) is 0.837. The molecule has 1 saturated heterocycles. The molecule has 2 heterocycles. The normalized spacial score (nSPS) is 28.5. The Morgan fingerprint density at radius 3 is 3.17 bits per heavy atom. The summed E-state index contributed by atoms with van der Waals surface area (Å²) in [5.41, 5.74) is 1.24. The van der Waals surface area contributed by atoms with E-state index < -0.39 is 0 Å². The van der Waals surface area contributed by atoms with Crippen LogP contribution in [0, 0.1) is 5.92 Å². The molecule has 1 saturated carbocycles. The van der Waals surface area contributed by atoms with Crippen LogP contribution in [-0.4, -0.2) is 29.6 Å². The molecule has 2 fully saturated rings. The molecule has 100 valence electrons. The Morgan fingerprint density at radius 2 is 2.28 bits per heavy atom. The Bertz CT molecular complexity index is 393. The zero-order valence-electron chi connectivity index (χ0n) is 11.1. The van der Waals surface area contributed by atoms with Crippen LogP contribution in [0.3, 0.4) is 0 Å². The first-order chi connectivity index (χ1) is 8.86. The van der Waals surface area contributed by atoms with Gasteiger partial charge in [0.1, 0.15) is 5.01 Å². The lowest BCUT2D eigenvalue weighted by Crippen LogP contribution is -2.41. The van der Waals surface area contributed by atoms with Crippen molar-refractivity contribution >= 4 is 11.3 Å². The summed E-state index contributed by atoms with van der Waals surface area (Å²) in [6.45, 7) is 2.95. The van der Waals surface area contributed by atoms with Gasteiger partial charge in [-0.15, -0.1) is 11.3 Å². The number of nitrogens with zero attached hydrogens (tertiary/aromatic N) is 2. The molecule has 3 rings (SSSR count). The van der Waals surface area contributed by atoms with Gasteiger partial charge in [0.15, 0.2) is 0 Å². The standard InChI is InChI=1S/C14H22N2OS/c1-17-9-14-15-12(10-18-14)8-16-7-3-5-11-4-2-6-13(11)16/h10-11,13H,2-9H2,1H3/t11-,13+/m1/s1. The predicted molar refractivity (Wildman–Crippen MR) is 73.6 cm³/mol. The second kappa shape index (κ2) is 5.68. The molecular weight excluding hydrogens is 244 g/mol. The van der Waals surface area contributed by atoms with Crippen LogP contribution in [0.15, 0.2) is 5.38 Å². The molecule has 0 amide bonds. The SMILES string of the molecule is COCc1nc(CN2CCC[C@H]3CCC[C@@H]32)cs1. The number of piperidine rings is 1. The van der Waals surface area contributed by atoms with Crippen LogP contribution in [0.2, 0.25) is 0 Å². The van der Waals surface area contributed by atoms with E-state index in [1.165, 1.54) is 44.3 Å². The van der Waals surface area contributed by atoms with E-state index in [1.807, 2.05) is 0 Å². The summed E-state index contributed by atoms with van der Waals surface area (Å²) in [4.78, 5) is 7.33. The van der Waals surface area contributed by atoms with Crippen molar-refractivity contribution in [3.63, 3.8) is 0 Å². The van der Waals surface area contributed by atoms with E-state index in [0.717, 1.165) is 23.5 Å². The fourth-order valence-electron chi connectivity index (χ4n) is 3.57. The molecular formula is C14H22N2OS. The first-order valence-electron chi connectivity index (χ1n) is 7.03. The zero-order chi connectivity index (χ0) is 12.4. The minimum absolute atomic E-state index is 0.650. The Labute approximate surface area is 113 Å². The van der Waals surface area contributed by atoms with Crippen molar-refractivity contribution in [2.75, 3.05) is 13.7 Å². The van der Waals surface area contributed by atoms with Gasteiger partial charge in [-0.3, -0.25) is 4.90 Å². The molecule has 1 aromatic heterocycles. The number of aromatic nitrogens is 1. The molecule has 0 radical (unpaired) electrons. The molecule has 1 aliphatic heterocycles. The van der Waals surface area contributed by atoms with Crippen LogP contribution >= 0.6 is 11.3 Å². The molecule has 2 atom stereocenters. The van der Waals surface area contributed by atoms with Crippen LogP contribution < -0.4 is 0 Å². The highest BCUT2D eigenvalue weighted by atomic mass is 32.1. The second-order valence-corrected chi connectivity index (χ2v) is 6.48. The third-order valence-corrected chi connectivity index (χ3v) is 5.21. The number of fused-ring (bicyclic) bond motifs is 1. The molecule has 0 unspecified atom stereocenters. The Balaban J connectivity index is 1.63. The Kier molecular flexibility index (Phi) is 3.97. The van der Waals surface area contributed by atoms with Gasteiger partial charge in [0.25, 0.3) is 0 Å². The summed E-state index contributed by atoms with van der Waals surface area (Å²) in [6.07, 6.45) is 7.11. The number of thiazole rings is 1. The molecule has 1 aromatic rings. The van der Waals surface area contributed by atoms with Gasteiger partial charge in [0.05, 0.1) is 12.3 Å². The lowest BCUT2D eigenvalue weighted by atomic mass is 9.92. The summed E-state index contributed by atoms with van der Waals surface area (Å²) in [5.74, 6) is 0.968. The average Bonchev–Trinajstić information content (AvgIpc) is 2.99. The fourth-order valence-corrected chi connectivity index (χ4v) is 4.33. The van der Waals surface area contributed by atoms with E-state index in [2.05, 4.69) is 15.3 Å². The fraction of sp³-hybridized carbons (Fsp3) is 0.786. The number of ether oxygens (including phenoxy) is 1. The zero-order valence-corrected chi connectivity index (χ0v) is 11.9. The molecule has 3 nitrogen and oxygen atoms in total. The molecule has 1 aliphatic carbocycles. The van der Waals surface area contributed by atoms with Gasteiger partial charge in [0, 0.05) is 25.1 Å². The van der Waals surface area contributed by atoms with E-state index in [-0.39, 0.29) is 0 Å². The number of likely N-dealkylation sites (tertiary alicyclic amines) is 1. The first kappa shape index (κ1) is 12.6. The van der Waals surface area contributed by atoms with Gasteiger partial charge < -0.3 is 4.74 Å². The van der Waals surface area contributed by atoms with Crippen molar-refractivity contribution in [1.82, 2.24) is 9.88 Å². The minimum Gasteiger partial charge on any atom is -0.378 e. The van der Waals surface area contributed by atoms with Crippen molar-refractivity contribution in [2.45, 2.75) is 51.3 Å². The lowest BCUT2D eigenvalue weighted by Gasteiger charge is -2.37. The number of rotatable bonds is 4. The Hall–Kier alpha value is -0.450. The van der Waals surface area contributed by atoms with Crippen LogP contribution in [0.1, 0.15) is 42.8 Å². The van der Waals surface area contributed by atoms with Crippen molar-refractivity contribution < 1.29 is 4.74 Å². The van der Waals surface area contributed by atoms with Crippen LogP contribution in [0.5, 0.6) is 0 Å². The average molecular weight is 266 g/mol. The van der Waals surface area contributed by atoms with E-state index in [0.29, 0.717) is 6.61 Å². The first-order valence-corrected chi connectivity index (χ1v) is 7.91. The van der Waals surface area contributed by atoms with Crippen molar-refractivity contribution in [3.05, 3.63) is 16.1 Å². The third kappa shape index (κ3) is 2.60. The van der Waals surface area contributed by atoms with Gasteiger partial charge >= 0.3 is 0 Å². The highest BCUT2D eigenvalue weighted by molar-refractivity contribution is 7.09. The smallest absolute Gasteiger partial charge is 0.119 e. The van der Waals surface area contributed by atoms with Crippen molar-refractivity contribution in [2.24, 2.45) is 5.92 Å². The summed E-state index contributed by atoms with van der Waals surface area (Å²) in [5, 5.41) is 3.31. The summed E-state index contributed by atoms with van der Waals surface area (Å²) >= 11 is 1.73. The largest absolute Gasteiger partial charge is 0.378 e. The highest BCUT2D eigenvalue weighted by Gasteiger charge is 2.34. The van der Waals surface area contributed by atoms with E-state index in [1.54, 1.807) is 18.4 Å². The molecule has 0 bridgehead atoms. The number of hydrogen-bond acceptors (Lipinski definition) is 4. The van der Waals surface area contributed by atoms with Crippen molar-refractivity contribution in [3.8, 4) is 0 Å². The van der Waals surface area contributed by atoms with E-state index in [4.69, 9.17) is 4.74 Å². The number of hydrogen-bond donors (Lipinski definition) is 0. The summed E-state index contributed by atoms with van der Waals surface area (Å²) in [6, 6.07) is 0.839. The van der Waals surface area contributed by atoms with Crippen LogP contribution in [-0.2, 0) is 17.9 Å². The molecule has 4 heteroatoms. The van der Waals surface area contributed by atoms with Gasteiger partial charge in [-0.05, 0) is 38.1 Å². The van der Waals surface area contributed by atoms with Gasteiger partial charge in [-0.25, -0.2) is 4.98 Å². The van der Waals surface area contributed by atoms with Crippen molar-refractivity contribution in [1.29, 1.82) is 0 Å².